The van der Waals surface area contributed by atoms with Crippen LogP contribution in [0.15, 0.2) is 22.7 Å². The average Bonchev–Trinajstić information content (AvgIpc) is 2.71. The minimum Gasteiger partial charge on any atom is -0.325 e. The van der Waals surface area contributed by atoms with E-state index >= 15 is 0 Å². The summed E-state index contributed by atoms with van der Waals surface area (Å²) in [5, 5.41) is 3.63. The molecule has 0 atom stereocenters. The molecule has 0 bridgehead atoms. The Labute approximate surface area is 115 Å². The molecule has 0 aliphatic heterocycles. The van der Waals surface area contributed by atoms with Gasteiger partial charge in [-0.05, 0) is 47.0 Å². The Morgan fingerprint density at radius 1 is 1.41 bits per heavy atom. The topological polar surface area (TPSA) is 29.1 Å². The highest BCUT2D eigenvalue weighted by atomic mass is 79.9. The summed E-state index contributed by atoms with van der Waals surface area (Å²) in [4.78, 5) is 12.2. The molecule has 0 unspecified atom stereocenters. The zero-order chi connectivity index (χ0) is 12.5. The highest BCUT2D eigenvalue weighted by Gasteiger charge is 2.36. The molecule has 0 spiro atoms. The van der Waals surface area contributed by atoms with Crippen LogP contribution in [0.5, 0.6) is 0 Å². The standard InChI is InChI=1S/C13H15BrClNO/c1-13(6-2-3-7-13)12(17)16-11-5-4-9(15)8-10(11)14/h4-5,8H,2-3,6-7H2,1H3,(H,16,17). The summed E-state index contributed by atoms with van der Waals surface area (Å²) in [6, 6.07) is 5.38. The van der Waals surface area contributed by atoms with Gasteiger partial charge in [0.05, 0.1) is 5.69 Å². The average molecular weight is 317 g/mol. The van der Waals surface area contributed by atoms with Crippen LogP contribution in [0.1, 0.15) is 32.6 Å². The van der Waals surface area contributed by atoms with Crippen LogP contribution in [0.25, 0.3) is 0 Å². The van der Waals surface area contributed by atoms with Crippen LogP contribution in [-0.2, 0) is 4.79 Å². The Morgan fingerprint density at radius 3 is 2.65 bits per heavy atom. The zero-order valence-electron chi connectivity index (χ0n) is 9.72. The van der Waals surface area contributed by atoms with Crippen molar-refractivity contribution in [3.05, 3.63) is 27.7 Å². The van der Waals surface area contributed by atoms with Crippen molar-refractivity contribution in [2.45, 2.75) is 32.6 Å². The number of anilines is 1. The fourth-order valence-electron chi connectivity index (χ4n) is 2.25. The predicted molar refractivity (Wildman–Crippen MR) is 74.4 cm³/mol. The lowest BCUT2D eigenvalue weighted by molar-refractivity contribution is -0.124. The monoisotopic (exact) mass is 315 g/mol. The Morgan fingerprint density at radius 2 is 2.06 bits per heavy atom. The van der Waals surface area contributed by atoms with Crippen LogP contribution in [0.4, 0.5) is 5.69 Å². The molecule has 1 N–H and O–H groups in total. The lowest BCUT2D eigenvalue weighted by Gasteiger charge is -2.22. The SMILES string of the molecule is CC1(C(=O)Nc2ccc(Cl)cc2Br)CCCC1. The number of nitrogens with one attached hydrogen (secondary N) is 1. The number of hydrogen-bond acceptors (Lipinski definition) is 1. The zero-order valence-corrected chi connectivity index (χ0v) is 12.1. The van der Waals surface area contributed by atoms with Crippen LogP contribution in [0, 0.1) is 5.41 Å². The predicted octanol–water partition coefficient (Wildman–Crippen LogP) is 4.62. The van der Waals surface area contributed by atoms with Crippen LogP contribution >= 0.6 is 27.5 Å². The van der Waals surface area contributed by atoms with E-state index in [4.69, 9.17) is 11.6 Å². The Bertz CT molecular complexity index is 441. The highest BCUT2D eigenvalue weighted by Crippen LogP contribution is 2.39. The molecule has 1 amide bonds. The van der Waals surface area contributed by atoms with Crippen molar-refractivity contribution in [3.63, 3.8) is 0 Å². The molecule has 1 aliphatic carbocycles. The number of benzene rings is 1. The second-order valence-electron chi connectivity index (χ2n) is 4.85. The van der Waals surface area contributed by atoms with Crippen LogP contribution < -0.4 is 5.32 Å². The summed E-state index contributed by atoms with van der Waals surface area (Å²) in [6.45, 7) is 2.04. The number of halogens is 2. The number of carbonyl (C=O) groups is 1. The van der Waals surface area contributed by atoms with Crippen LogP contribution in [0.3, 0.4) is 0 Å². The Kier molecular flexibility index (Phi) is 3.79. The minimum atomic E-state index is -0.209. The van der Waals surface area contributed by atoms with Gasteiger partial charge in [-0.1, -0.05) is 31.4 Å². The van der Waals surface area contributed by atoms with E-state index in [0.29, 0.717) is 5.02 Å². The fraction of sp³-hybridized carbons (Fsp3) is 0.462. The second-order valence-corrected chi connectivity index (χ2v) is 6.14. The molecule has 0 aromatic heterocycles. The van der Waals surface area contributed by atoms with E-state index in [1.165, 1.54) is 0 Å². The van der Waals surface area contributed by atoms with Crippen molar-refractivity contribution >= 4 is 39.1 Å². The van der Waals surface area contributed by atoms with E-state index in [-0.39, 0.29) is 11.3 Å². The summed E-state index contributed by atoms with van der Waals surface area (Å²) in [5.41, 5.74) is 0.575. The van der Waals surface area contributed by atoms with Gasteiger partial charge >= 0.3 is 0 Å². The van der Waals surface area contributed by atoms with E-state index in [9.17, 15) is 4.79 Å². The second kappa shape index (κ2) is 4.99. The Hall–Kier alpha value is -0.540. The summed E-state index contributed by atoms with van der Waals surface area (Å²) in [6.07, 6.45) is 4.24. The number of rotatable bonds is 2. The normalized spacial score (nSPS) is 18.1. The summed E-state index contributed by atoms with van der Waals surface area (Å²) >= 11 is 9.27. The van der Waals surface area contributed by atoms with E-state index < -0.39 is 0 Å². The van der Waals surface area contributed by atoms with Gasteiger partial charge in [0, 0.05) is 14.9 Å². The molecule has 17 heavy (non-hydrogen) atoms. The first-order chi connectivity index (χ1) is 8.01. The van der Waals surface area contributed by atoms with Crippen molar-refractivity contribution in [1.82, 2.24) is 0 Å². The lowest BCUT2D eigenvalue weighted by atomic mass is 9.88. The summed E-state index contributed by atoms with van der Waals surface area (Å²) in [5.74, 6) is 0.109. The molecule has 1 aromatic rings. The van der Waals surface area contributed by atoms with Gasteiger partial charge in [-0.15, -0.1) is 0 Å². The molecule has 0 radical (unpaired) electrons. The molecular formula is C13H15BrClNO. The van der Waals surface area contributed by atoms with Gasteiger partial charge in [0.15, 0.2) is 0 Å². The first kappa shape index (κ1) is 12.9. The van der Waals surface area contributed by atoms with Gasteiger partial charge in [0.2, 0.25) is 5.91 Å². The number of amides is 1. The minimum absolute atomic E-state index is 0.109. The quantitative estimate of drug-likeness (QED) is 0.847. The maximum Gasteiger partial charge on any atom is 0.230 e. The van der Waals surface area contributed by atoms with E-state index in [0.717, 1.165) is 35.8 Å². The molecule has 2 rings (SSSR count). The molecule has 0 saturated heterocycles. The third kappa shape index (κ3) is 2.83. The summed E-state index contributed by atoms with van der Waals surface area (Å²) < 4.78 is 0.819. The van der Waals surface area contributed by atoms with E-state index in [2.05, 4.69) is 21.2 Å². The molecule has 92 valence electrons. The smallest absolute Gasteiger partial charge is 0.230 e. The number of carbonyl (C=O) groups excluding carboxylic acids is 1. The van der Waals surface area contributed by atoms with Crippen molar-refractivity contribution in [3.8, 4) is 0 Å². The van der Waals surface area contributed by atoms with Gasteiger partial charge < -0.3 is 5.32 Å². The molecule has 1 aromatic carbocycles. The number of hydrogen-bond donors (Lipinski definition) is 1. The van der Waals surface area contributed by atoms with Gasteiger partial charge in [-0.25, -0.2) is 0 Å². The van der Waals surface area contributed by atoms with Gasteiger partial charge in [0.1, 0.15) is 0 Å². The highest BCUT2D eigenvalue weighted by molar-refractivity contribution is 9.10. The lowest BCUT2D eigenvalue weighted by Crippen LogP contribution is -2.30. The third-order valence-electron chi connectivity index (χ3n) is 3.43. The maximum absolute atomic E-state index is 12.2. The third-order valence-corrected chi connectivity index (χ3v) is 4.33. The van der Waals surface area contributed by atoms with Crippen molar-refractivity contribution in [2.75, 3.05) is 5.32 Å². The van der Waals surface area contributed by atoms with Crippen LogP contribution in [0.2, 0.25) is 5.02 Å². The molecule has 0 heterocycles. The van der Waals surface area contributed by atoms with Crippen LogP contribution in [-0.4, -0.2) is 5.91 Å². The Balaban J connectivity index is 2.13. The first-order valence-corrected chi connectivity index (χ1v) is 6.95. The van der Waals surface area contributed by atoms with Crippen molar-refractivity contribution in [1.29, 1.82) is 0 Å². The molecule has 1 saturated carbocycles. The molecule has 1 aliphatic rings. The first-order valence-electron chi connectivity index (χ1n) is 5.78. The van der Waals surface area contributed by atoms with Gasteiger partial charge in [-0.2, -0.15) is 0 Å². The van der Waals surface area contributed by atoms with Crippen molar-refractivity contribution < 1.29 is 4.79 Å². The van der Waals surface area contributed by atoms with Gasteiger partial charge in [-0.3, -0.25) is 4.79 Å². The van der Waals surface area contributed by atoms with Gasteiger partial charge in [0.25, 0.3) is 0 Å². The molecular weight excluding hydrogens is 302 g/mol. The van der Waals surface area contributed by atoms with E-state index in [1.54, 1.807) is 12.1 Å². The van der Waals surface area contributed by atoms with E-state index in [1.807, 2.05) is 13.0 Å². The summed E-state index contributed by atoms with van der Waals surface area (Å²) in [7, 11) is 0. The largest absolute Gasteiger partial charge is 0.325 e. The molecule has 1 fully saturated rings. The fourth-order valence-corrected chi connectivity index (χ4v) is 3.03. The van der Waals surface area contributed by atoms with Crippen molar-refractivity contribution in [2.24, 2.45) is 5.41 Å². The molecule has 4 heteroatoms. The molecule has 2 nitrogen and oxygen atoms in total. The maximum atomic E-state index is 12.2.